The van der Waals surface area contributed by atoms with Crippen molar-refractivity contribution < 1.29 is 14.4 Å². The largest absolute Gasteiger partial charge is 0.389 e. The molecule has 0 spiro atoms. The SMILES string of the molecule is O=C([C@@H]1CCNC[C@H]1c1ccccc1)N1CCC(O)(Cc2ccccc2-c2ccon2)CC1. The van der Waals surface area contributed by atoms with Gasteiger partial charge in [-0.3, -0.25) is 4.79 Å². The van der Waals surface area contributed by atoms with E-state index in [1.807, 2.05) is 53.4 Å². The maximum atomic E-state index is 13.5. The summed E-state index contributed by atoms with van der Waals surface area (Å²) in [5.74, 6) is 0.422. The van der Waals surface area contributed by atoms with Gasteiger partial charge in [0.1, 0.15) is 12.0 Å². The second-order valence-electron chi connectivity index (χ2n) is 9.38. The lowest BCUT2D eigenvalue weighted by Crippen LogP contribution is -2.51. The van der Waals surface area contributed by atoms with Gasteiger partial charge in [0.2, 0.25) is 5.91 Å². The minimum atomic E-state index is -0.830. The Morgan fingerprint density at radius 3 is 2.61 bits per heavy atom. The molecule has 5 rings (SSSR count). The Hall–Kier alpha value is -2.96. The van der Waals surface area contributed by atoms with Gasteiger partial charge in [-0.1, -0.05) is 59.8 Å². The fraction of sp³-hybridized carbons (Fsp3) is 0.407. The van der Waals surface area contributed by atoms with Gasteiger partial charge in [-0.15, -0.1) is 0 Å². The molecule has 6 heteroatoms. The van der Waals surface area contributed by atoms with Crippen LogP contribution in [0.3, 0.4) is 0 Å². The van der Waals surface area contributed by atoms with E-state index in [0.717, 1.165) is 36.3 Å². The lowest BCUT2D eigenvalue weighted by Gasteiger charge is -2.41. The van der Waals surface area contributed by atoms with Gasteiger partial charge in [-0.25, -0.2) is 0 Å². The molecule has 0 aliphatic carbocycles. The zero-order valence-corrected chi connectivity index (χ0v) is 18.8. The molecule has 3 aromatic rings. The first-order chi connectivity index (χ1) is 16.1. The first-order valence-corrected chi connectivity index (χ1v) is 11.9. The Morgan fingerprint density at radius 1 is 1.09 bits per heavy atom. The number of amides is 1. The average molecular weight is 446 g/mol. The standard InChI is InChI=1S/C27H31N3O3/c31-26(23-10-14-28-19-24(23)20-6-2-1-3-7-20)30-15-12-27(32,13-16-30)18-21-8-4-5-9-22(21)25-11-17-33-29-25/h1-9,11,17,23-24,28,32H,10,12-16,18-19H2/t23-,24+/m1/s1. The van der Waals surface area contributed by atoms with E-state index < -0.39 is 5.60 Å². The number of likely N-dealkylation sites (tertiary alicyclic amines) is 1. The zero-order valence-electron chi connectivity index (χ0n) is 18.8. The van der Waals surface area contributed by atoms with Gasteiger partial charge in [0.05, 0.1) is 5.60 Å². The average Bonchev–Trinajstić information content (AvgIpc) is 3.40. The first-order valence-electron chi connectivity index (χ1n) is 11.9. The predicted molar refractivity (Wildman–Crippen MR) is 127 cm³/mol. The highest BCUT2D eigenvalue weighted by atomic mass is 16.5. The molecule has 0 radical (unpaired) electrons. The molecule has 2 aromatic carbocycles. The molecule has 2 saturated heterocycles. The van der Waals surface area contributed by atoms with E-state index in [1.165, 1.54) is 5.56 Å². The van der Waals surface area contributed by atoms with Crippen LogP contribution in [-0.2, 0) is 11.2 Å². The normalized spacial score (nSPS) is 22.8. The van der Waals surface area contributed by atoms with E-state index >= 15 is 0 Å². The quantitative estimate of drug-likeness (QED) is 0.627. The Kier molecular flexibility index (Phi) is 6.29. The van der Waals surface area contributed by atoms with Crippen LogP contribution in [0.4, 0.5) is 0 Å². The number of piperidine rings is 2. The monoisotopic (exact) mass is 445 g/mol. The number of nitrogens with one attached hydrogen (secondary N) is 1. The summed E-state index contributed by atoms with van der Waals surface area (Å²) in [5.41, 5.74) is 3.21. The molecule has 1 amide bonds. The lowest BCUT2D eigenvalue weighted by molar-refractivity contribution is -0.141. The Balaban J connectivity index is 1.26. The number of hydrogen-bond donors (Lipinski definition) is 2. The van der Waals surface area contributed by atoms with Crippen molar-refractivity contribution in [1.82, 2.24) is 15.4 Å². The van der Waals surface area contributed by atoms with E-state index in [0.29, 0.717) is 32.4 Å². The number of carbonyl (C=O) groups excluding carboxylic acids is 1. The Labute approximate surface area is 194 Å². The molecule has 0 saturated carbocycles. The number of rotatable bonds is 5. The smallest absolute Gasteiger partial charge is 0.226 e. The summed E-state index contributed by atoms with van der Waals surface area (Å²) in [6.45, 7) is 2.88. The molecular formula is C27H31N3O3. The highest BCUT2D eigenvalue weighted by Gasteiger charge is 2.39. The number of benzene rings is 2. The minimum Gasteiger partial charge on any atom is -0.389 e. The second-order valence-corrected chi connectivity index (χ2v) is 9.38. The van der Waals surface area contributed by atoms with Gasteiger partial charge in [-0.05, 0) is 36.9 Å². The van der Waals surface area contributed by atoms with Gasteiger partial charge < -0.3 is 19.8 Å². The number of hydrogen-bond acceptors (Lipinski definition) is 5. The van der Waals surface area contributed by atoms with E-state index in [4.69, 9.17) is 4.52 Å². The number of aliphatic hydroxyl groups is 1. The second kappa shape index (κ2) is 9.49. The highest BCUT2D eigenvalue weighted by molar-refractivity contribution is 5.80. The molecule has 172 valence electrons. The zero-order chi connectivity index (χ0) is 22.7. The number of aromatic nitrogens is 1. The Bertz CT molecular complexity index is 1060. The molecule has 33 heavy (non-hydrogen) atoms. The summed E-state index contributed by atoms with van der Waals surface area (Å²) in [5, 5.41) is 18.9. The van der Waals surface area contributed by atoms with Crippen LogP contribution in [0, 0.1) is 5.92 Å². The minimum absolute atomic E-state index is 0.00673. The van der Waals surface area contributed by atoms with Crippen LogP contribution in [0.2, 0.25) is 0 Å². The summed E-state index contributed by atoms with van der Waals surface area (Å²) in [6, 6.07) is 20.2. The van der Waals surface area contributed by atoms with Crippen LogP contribution in [0.5, 0.6) is 0 Å². The van der Waals surface area contributed by atoms with Crippen molar-refractivity contribution in [2.45, 2.75) is 37.2 Å². The summed E-state index contributed by atoms with van der Waals surface area (Å²) in [4.78, 5) is 15.5. The van der Waals surface area contributed by atoms with Gasteiger partial charge in [0.25, 0.3) is 0 Å². The van der Waals surface area contributed by atoms with Crippen LogP contribution in [-0.4, -0.2) is 52.9 Å². The molecule has 3 heterocycles. The molecule has 2 fully saturated rings. The number of carbonyl (C=O) groups is 1. The molecule has 0 bridgehead atoms. The van der Waals surface area contributed by atoms with Gasteiger partial charge >= 0.3 is 0 Å². The van der Waals surface area contributed by atoms with Crippen LogP contribution in [0.1, 0.15) is 36.3 Å². The maximum Gasteiger partial charge on any atom is 0.226 e. The third-order valence-corrected chi connectivity index (χ3v) is 7.28. The summed E-state index contributed by atoms with van der Waals surface area (Å²) >= 11 is 0. The van der Waals surface area contributed by atoms with Crippen molar-refractivity contribution in [2.24, 2.45) is 5.92 Å². The van der Waals surface area contributed by atoms with Gasteiger partial charge in [0.15, 0.2) is 0 Å². The molecule has 1 aromatic heterocycles. The van der Waals surface area contributed by atoms with Crippen molar-refractivity contribution >= 4 is 5.91 Å². The van der Waals surface area contributed by atoms with E-state index in [1.54, 1.807) is 6.26 Å². The molecule has 2 N–H and O–H groups in total. The van der Waals surface area contributed by atoms with E-state index in [-0.39, 0.29) is 17.7 Å². The van der Waals surface area contributed by atoms with Crippen LogP contribution < -0.4 is 5.32 Å². The third-order valence-electron chi connectivity index (χ3n) is 7.28. The van der Waals surface area contributed by atoms with Crippen molar-refractivity contribution in [2.75, 3.05) is 26.2 Å². The summed E-state index contributed by atoms with van der Waals surface area (Å²) in [6.07, 6.45) is 4.11. The highest BCUT2D eigenvalue weighted by Crippen LogP contribution is 2.34. The van der Waals surface area contributed by atoms with Crippen molar-refractivity contribution in [1.29, 1.82) is 0 Å². The molecular weight excluding hydrogens is 414 g/mol. The van der Waals surface area contributed by atoms with Crippen molar-refractivity contribution in [3.05, 3.63) is 78.1 Å². The first kappa shape index (κ1) is 21.9. The topological polar surface area (TPSA) is 78.6 Å². The Morgan fingerprint density at radius 2 is 1.85 bits per heavy atom. The fourth-order valence-electron chi connectivity index (χ4n) is 5.39. The number of nitrogens with zero attached hydrogens (tertiary/aromatic N) is 2. The molecule has 0 unspecified atom stereocenters. The lowest BCUT2D eigenvalue weighted by atomic mass is 9.79. The molecule has 2 aliphatic rings. The summed E-state index contributed by atoms with van der Waals surface area (Å²) < 4.78 is 5.02. The van der Waals surface area contributed by atoms with Crippen LogP contribution in [0.25, 0.3) is 11.3 Å². The molecule has 2 atom stereocenters. The fourth-order valence-corrected chi connectivity index (χ4v) is 5.39. The maximum absolute atomic E-state index is 13.5. The van der Waals surface area contributed by atoms with Crippen molar-refractivity contribution in [3.63, 3.8) is 0 Å². The van der Waals surface area contributed by atoms with E-state index in [9.17, 15) is 9.90 Å². The van der Waals surface area contributed by atoms with Gasteiger partial charge in [-0.2, -0.15) is 0 Å². The predicted octanol–water partition coefficient (Wildman–Crippen LogP) is 3.63. The van der Waals surface area contributed by atoms with Crippen LogP contribution >= 0.6 is 0 Å². The summed E-state index contributed by atoms with van der Waals surface area (Å²) in [7, 11) is 0. The van der Waals surface area contributed by atoms with E-state index in [2.05, 4.69) is 22.6 Å². The van der Waals surface area contributed by atoms with Crippen molar-refractivity contribution in [3.8, 4) is 11.3 Å². The third kappa shape index (κ3) is 4.72. The molecule has 6 nitrogen and oxygen atoms in total. The van der Waals surface area contributed by atoms with Gasteiger partial charge in [0, 0.05) is 49.5 Å². The van der Waals surface area contributed by atoms with Crippen LogP contribution in [0.15, 0.2) is 71.4 Å². The molecule has 2 aliphatic heterocycles.